The fourth-order valence-electron chi connectivity index (χ4n) is 7.95. The zero-order valence-electron chi connectivity index (χ0n) is 35.6. The summed E-state index contributed by atoms with van der Waals surface area (Å²) >= 11 is 0. The van der Waals surface area contributed by atoms with Crippen molar-refractivity contribution in [1.82, 2.24) is 9.80 Å². The first-order chi connectivity index (χ1) is 24.7. The van der Waals surface area contributed by atoms with E-state index in [1.807, 2.05) is 46.7 Å². The van der Waals surface area contributed by atoms with Crippen LogP contribution in [0.2, 0.25) is 0 Å². The van der Waals surface area contributed by atoms with Gasteiger partial charge in [-0.2, -0.15) is 0 Å². The summed E-state index contributed by atoms with van der Waals surface area (Å²) in [5, 5.41) is 30.9. The van der Waals surface area contributed by atoms with Gasteiger partial charge in [-0.25, -0.2) is 0 Å². The Morgan fingerprint density at radius 2 is 1.70 bits per heavy atom. The zero-order valence-corrected chi connectivity index (χ0v) is 35.6. The monoisotopic (exact) mass is 763 g/mol. The summed E-state index contributed by atoms with van der Waals surface area (Å²) in [4.78, 5) is 29.4. The summed E-state index contributed by atoms with van der Waals surface area (Å²) in [6.07, 6.45) is 1.84. The zero-order chi connectivity index (χ0) is 40.6. The summed E-state index contributed by atoms with van der Waals surface area (Å²) in [5.41, 5.74) is -1.24. The van der Waals surface area contributed by atoms with Crippen LogP contribution < -0.4 is 0 Å². The number of ether oxygens (including phenoxy) is 6. The van der Waals surface area contributed by atoms with Gasteiger partial charge in [0.1, 0.15) is 12.2 Å². The van der Waals surface area contributed by atoms with Crippen molar-refractivity contribution < 1.29 is 53.3 Å². The van der Waals surface area contributed by atoms with Gasteiger partial charge in [0.2, 0.25) is 6.29 Å². The van der Waals surface area contributed by atoms with Crippen molar-refractivity contribution in [2.75, 3.05) is 34.5 Å². The predicted octanol–water partition coefficient (Wildman–Crippen LogP) is 5.31. The maximum absolute atomic E-state index is 13.6. The van der Waals surface area contributed by atoms with Crippen LogP contribution in [-0.2, 0) is 38.0 Å². The van der Waals surface area contributed by atoms with Crippen LogP contribution >= 0.6 is 0 Å². The normalized spacial score (nSPS) is 35.8. The van der Waals surface area contributed by atoms with Gasteiger partial charge in [0.15, 0.2) is 12.6 Å². The van der Waals surface area contributed by atoms with E-state index in [-0.39, 0.29) is 36.6 Å². The Labute approximate surface area is 321 Å². The summed E-state index contributed by atoms with van der Waals surface area (Å²) in [6, 6.07) is 0.601. The molecule has 0 aromatic heterocycles. The lowest BCUT2D eigenvalue weighted by atomic mass is 9.84. The number of aliphatic hydroxyl groups excluding tert-OH is 2. The number of esters is 2. The molecule has 2 saturated heterocycles. The Balaban J connectivity index is 0.00000108. The second-order valence-electron chi connectivity index (χ2n) is 16.5. The molecule has 2 aliphatic rings. The largest absolute Gasteiger partial charge is 0.459 e. The van der Waals surface area contributed by atoms with Gasteiger partial charge in [0, 0.05) is 39.1 Å². The highest BCUT2D eigenvalue weighted by Gasteiger charge is 2.40. The van der Waals surface area contributed by atoms with E-state index in [1.54, 1.807) is 13.8 Å². The van der Waals surface area contributed by atoms with E-state index in [0.29, 0.717) is 31.8 Å². The van der Waals surface area contributed by atoms with Crippen molar-refractivity contribution in [3.63, 3.8) is 0 Å². The lowest BCUT2D eigenvalue weighted by Gasteiger charge is -2.37. The fourth-order valence-corrected chi connectivity index (χ4v) is 7.95. The summed E-state index contributed by atoms with van der Waals surface area (Å²) in [7, 11) is 5.52. The van der Waals surface area contributed by atoms with E-state index in [4.69, 9.17) is 28.4 Å². The molecule has 0 bridgehead atoms. The second kappa shape index (κ2) is 24.3. The van der Waals surface area contributed by atoms with Crippen molar-refractivity contribution in [3.8, 4) is 0 Å². The number of hydrogen-bond donors (Lipinski definition) is 3. The van der Waals surface area contributed by atoms with Crippen LogP contribution in [-0.4, -0.2) is 133 Å². The molecule has 13 nitrogen and oxygen atoms in total. The molecule has 13 heteroatoms. The van der Waals surface area contributed by atoms with Gasteiger partial charge in [0.05, 0.1) is 30.5 Å². The smallest absolute Gasteiger partial charge is 0.311 e. The molecular formula is C40H78N2O11. The van der Waals surface area contributed by atoms with Crippen LogP contribution in [0, 0.1) is 23.7 Å². The van der Waals surface area contributed by atoms with Crippen LogP contribution in [0.5, 0.6) is 0 Å². The molecule has 0 amide bonds. The lowest BCUT2D eigenvalue weighted by molar-refractivity contribution is -0.260. The maximum Gasteiger partial charge on any atom is 0.311 e. The molecule has 10 unspecified atom stereocenters. The molecule has 2 heterocycles. The highest BCUT2D eigenvalue weighted by Crippen LogP contribution is 2.33. The Morgan fingerprint density at radius 3 is 2.21 bits per heavy atom. The third-order valence-electron chi connectivity index (χ3n) is 10.7. The number of aliphatic hydroxyl groups is 3. The quantitative estimate of drug-likeness (QED) is 0.174. The van der Waals surface area contributed by atoms with Gasteiger partial charge in [-0.1, -0.05) is 41.0 Å². The van der Waals surface area contributed by atoms with Crippen LogP contribution in [0.4, 0.5) is 0 Å². The second-order valence-corrected chi connectivity index (χ2v) is 16.5. The molecule has 2 rings (SSSR count). The number of carbonyl (C=O) groups excluding carboxylic acids is 2. The number of rotatable bonds is 12. The molecule has 0 aliphatic carbocycles. The van der Waals surface area contributed by atoms with Crippen molar-refractivity contribution >= 4 is 11.9 Å². The van der Waals surface area contributed by atoms with Crippen molar-refractivity contribution in [3.05, 3.63) is 0 Å². The lowest BCUT2D eigenvalue weighted by Crippen LogP contribution is -2.47. The minimum absolute atomic E-state index is 0.0353. The summed E-state index contributed by atoms with van der Waals surface area (Å²) in [5.74, 6) is -1.19. The minimum atomic E-state index is -1.24. The third-order valence-corrected chi connectivity index (χ3v) is 10.7. The average molecular weight is 763 g/mol. The van der Waals surface area contributed by atoms with Crippen LogP contribution in [0.3, 0.4) is 0 Å². The van der Waals surface area contributed by atoms with E-state index in [2.05, 4.69) is 32.6 Å². The van der Waals surface area contributed by atoms with Crippen LogP contribution in [0.1, 0.15) is 128 Å². The number of carbonyl (C=O) groups is 2. The average Bonchev–Trinajstić information content (AvgIpc) is 3.05. The predicted molar refractivity (Wildman–Crippen MR) is 204 cm³/mol. The van der Waals surface area contributed by atoms with Crippen molar-refractivity contribution in [2.45, 2.75) is 188 Å². The molecule has 2 aliphatic heterocycles. The summed E-state index contributed by atoms with van der Waals surface area (Å²) < 4.78 is 34.6. The molecule has 53 heavy (non-hydrogen) atoms. The fraction of sp³-hybridized carbons (Fsp3) is 0.950. The Morgan fingerprint density at radius 1 is 1.06 bits per heavy atom. The molecule has 2 fully saturated rings. The Bertz CT molecular complexity index is 1020. The van der Waals surface area contributed by atoms with Crippen LogP contribution in [0.15, 0.2) is 0 Å². The van der Waals surface area contributed by atoms with Gasteiger partial charge >= 0.3 is 11.9 Å². The number of nitrogens with zero attached hydrogens (tertiary/aromatic N) is 2. The van der Waals surface area contributed by atoms with Gasteiger partial charge < -0.3 is 48.6 Å². The number of cyclic esters (lactones) is 1. The molecule has 14 atom stereocenters. The molecule has 0 aromatic carbocycles. The molecule has 314 valence electrons. The first-order valence-electron chi connectivity index (χ1n) is 20.0. The topological polar surface area (TPSA) is 157 Å². The standard InChI is InChI=1S/C32H61NO9.C8H17NO2/c1-12-14-28(39-25(8)31(38-11)40-26(9)35)42-29-22(5)15-20(3)16-23(6)33(19-34)18-21(4)17-32(10,37)27(13-2)41-30(36)24(29)7;1-6-4-7(9(2)3)5-8(10)11-6/h20-25,27-29,31,34,37H,12-19H2,1-11H3;6-8,10H,4-5H2,1-3H3/t20?,21-,22?,23-,24?,25+,27?,28?,29?,31?,32+;/m1./s1. The molecule has 0 aromatic rings. The highest BCUT2D eigenvalue weighted by molar-refractivity contribution is 5.73. The first kappa shape index (κ1) is 49.6. The van der Waals surface area contributed by atoms with Gasteiger partial charge in [-0.05, 0) is 105 Å². The Hall–Kier alpha value is -1.42. The Kier molecular flexibility index (Phi) is 22.7. The third kappa shape index (κ3) is 17.5. The van der Waals surface area contributed by atoms with E-state index in [1.165, 1.54) is 14.0 Å². The number of methoxy groups -OCH3 is 1. The maximum atomic E-state index is 13.6. The number of hydrogen-bond acceptors (Lipinski definition) is 13. The van der Waals surface area contributed by atoms with Gasteiger partial charge in [-0.15, -0.1) is 0 Å². The first-order valence-corrected chi connectivity index (χ1v) is 20.0. The van der Waals surface area contributed by atoms with Crippen molar-refractivity contribution in [2.24, 2.45) is 23.7 Å². The molecule has 0 spiro atoms. The van der Waals surface area contributed by atoms with Gasteiger partial charge in [0.25, 0.3) is 0 Å². The van der Waals surface area contributed by atoms with E-state index < -0.39 is 60.6 Å². The van der Waals surface area contributed by atoms with E-state index in [9.17, 15) is 24.9 Å². The van der Waals surface area contributed by atoms with Crippen LogP contribution in [0.25, 0.3) is 0 Å². The van der Waals surface area contributed by atoms with Gasteiger partial charge in [-0.3, -0.25) is 14.5 Å². The molecule has 0 saturated carbocycles. The van der Waals surface area contributed by atoms with Crippen molar-refractivity contribution in [1.29, 1.82) is 0 Å². The molecule has 0 radical (unpaired) electrons. The highest BCUT2D eigenvalue weighted by atomic mass is 16.7. The molecule has 3 N–H and O–H groups in total. The van der Waals surface area contributed by atoms with E-state index in [0.717, 1.165) is 32.1 Å². The summed E-state index contributed by atoms with van der Waals surface area (Å²) in [6.45, 7) is 21.5. The SMILES string of the molecule is CC1CC(N(C)C)CC(O)O1.CCCC(OC1C(C)CC(C)C[C@@H](C)N(CO)C[C@H](C)C[C@](C)(O)C(CC)OC(=O)C1C)O[C@@H](C)C(OC)OC(C)=O. The molecular weight excluding hydrogens is 684 g/mol. The minimum Gasteiger partial charge on any atom is -0.459 e. The van der Waals surface area contributed by atoms with E-state index >= 15 is 0 Å².